The molecule has 0 radical (unpaired) electrons. The van der Waals surface area contributed by atoms with Gasteiger partial charge in [0, 0.05) is 38.9 Å². The number of rotatable bonds is 8. The van der Waals surface area contributed by atoms with Crippen LogP contribution in [0.4, 0.5) is 5.69 Å². The van der Waals surface area contributed by atoms with Crippen molar-refractivity contribution in [1.29, 1.82) is 0 Å². The van der Waals surface area contributed by atoms with Gasteiger partial charge in [-0.3, -0.25) is 9.59 Å². The number of hydrogen-bond donors (Lipinski definition) is 2. The zero-order valence-corrected chi connectivity index (χ0v) is 13.8. The molecule has 1 aromatic rings. The van der Waals surface area contributed by atoms with Gasteiger partial charge in [-0.15, -0.1) is 0 Å². The molecule has 0 bridgehead atoms. The molecular weight excluding hydrogens is 294 g/mol. The first kappa shape index (κ1) is 17.4. The number of benzene rings is 1. The smallest absolute Gasteiger partial charge is 0.229 e. The van der Waals surface area contributed by atoms with Gasteiger partial charge in [0.25, 0.3) is 0 Å². The Balaban J connectivity index is 1.90. The second-order valence-corrected chi connectivity index (χ2v) is 5.70. The van der Waals surface area contributed by atoms with E-state index in [1.165, 1.54) is 0 Å². The maximum atomic E-state index is 12.4. The summed E-state index contributed by atoms with van der Waals surface area (Å²) >= 11 is 0. The molecule has 23 heavy (non-hydrogen) atoms. The Kier molecular flexibility index (Phi) is 6.55. The Hall–Kier alpha value is -1.92. The fourth-order valence-electron chi connectivity index (χ4n) is 2.64. The molecule has 2 rings (SSSR count). The van der Waals surface area contributed by atoms with Gasteiger partial charge in [0.15, 0.2) is 0 Å². The summed E-state index contributed by atoms with van der Waals surface area (Å²) in [5.41, 5.74) is 1.89. The molecule has 0 spiro atoms. The Morgan fingerprint density at radius 3 is 3.00 bits per heavy atom. The van der Waals surface area contributed by atoms with Gasteiger partial charge >= 0.3 is 0 Å². The molecule has 0 saturated carbocycles. The normalized spacial score (nSPS) is 17.6. The minimum atomic E-state index is -0.295. The average Bonchev–Trinajstić information content (AvgIpc) is 2.92. The van der Waals surface area contributed by atoms with Crippen LogP contribution < -0.4 is 10.6 Å². The fourth-order valence-corrected chi connectivity index (χ4v) is 2.64. The Labute approximate surface area is 137 Å². The lowest BCUT2D eigenvalue weighted by Gasteiger charge is -2.16. The number of nitrogens with zero attached hydrogens (tertiary/aromatic N) is 1. The number of anilines is 1. The lowest BCUT2D eigenvalue weighted by molar-refractivity contribution is -0.128. The Morgan fingerprint density at radius 1 is 1.43 bits per heavy atom. The molecule has 6 nitrogen and oxygen atoms in total. The van der Waals surface area contributed by atoms with Gasteiger partial charge < -0.3 is 20.3 Å². The zero-order valence-electron chi connectivity index (χ0n) is 13.8. The van der Waals surface area contributed by atoms with Crippen LogP contribution in [0.5, 0.6) is 0 Å². The summed E-state index contributed by atoms with van der Waals surface area (Å²) in [6.45, 7) is 5.22. The highest BCUT2D eigenvalue weighted by atomic mass is 16.5. The maximum absolute atomic E-state index is 12.4. The van der Waals surface area contributed by atoms with Gasteiger partial charge in [-0.05, 0) is 24.2 Å². The number of carbonyl (C=O) groups is 2. The van der Waals surface area contributed by atoms with Gasteiger partial charge in [0.1, 0.15) is 0 Å². The van der Waals surface area contributed by atoms with E-state index in [2.05, 4.69) is 17.6 Å². The molecule has 2 amide bonds. The molecule has 6 heteroatoms. The van der Waals surface area contributed by atoms with E-state index in [1.807, 2.05) is 24.3 Å². The van der Waals surface area contributed by atoms with Crippen molar-refractivity contribution in [2.24, 2.45) is 5.92 Å². The first-order valence-corrected chi connectivity index (χ1v) is 8.01. The highest BCUT2D eigenvalue weighted by Crippen LogP contribution is 2.20. The van der Waals surface area contributed by atoms with Gasteiger partial charge in [-0.25, -0.2) is 0 Å². The van der Waals surface area contributed by atoms with E-state index in [4.69, 9.17) is 4.74 Å². The maximum Gasteiger partial charge on any atom is 0.229 e. The highest BCUT2D eigenvalue weighted by Gasteiger charge is 2.33. The van der Waals surface area contributed by atoms with Gasteiger partial charge in [-0.2, -0.15) is 0 Å². The lowest BCUT2D eigenvalue weighted by Crippen LogP contribution is -2.30. The van der Waals surface area contributed by atoms with E-state index >= 15 is 0 Å². The van der Waals surface area contributed by atoms with Crippen molar-refractivity contribution < 1.29 is 14.3 Å². The van der Waals surface area contributed by atoms with Crippen molar-refractivity contribution in [1.82, 2.24) is 10.2 Å². The first-order valence-electron chi connectivity index (χ1n) is 8.01. The van der Waals surface area contributed by atoms with Gasteiger partial charge in [-0.1, -0.05) is 19.1 Å². The van der Waals surface area contributed by atoms with Crippen LogP contribution in [0.3, 0.4) is 0 Å². The molecule has 1 heterocycles. The third-order valence-electron chi connectivity index (χ3n) is 3.92. The number of carbonyl (C=O) groups excluding carboxylic acids is 2. The van der Waals surface area contributed by atoms with Crippen molar-refractivity contribution in [3.05, 3.63) is 29.8 Å². The van der Waals surface area contributed by atoms with Crippen molar-refractivity contribution >= 4 is 17.5 Å². The predicted molar refractivity (Wildman–Crippen MR) is 89.0 cm³/mol. The molecule has 1 saturated heterocycles. The number of methoxy groups -OCH3 is 1. The average molecular weight is 319 g/mol. The van der Waals surface area contributed by atoms with E-state index in [9.17, 15) is 9.59 Å². The van der Waals surface area contributed by atoms with Gasteiger partial charge in [0.2, 0.25) is 11.8 Å². The van der Waals surface area contributed by atoms with Gasteiger partial charge in [0.05, 0.1) is 12.5 Å². The monoisotopic (exact) mass is 319 g/mol. The number of amides is 2. The van der Waals surface area contributed by atoms with E-state index in [0.717, 1.165) is 24.3 Å². The summed E-state index contributed by atoms with van der Waals surface area (Å²) in [7, 11) is 1.60. The predicted octanol–water partition coefficient (Wildman–Crippen LogP) is 1.23. The molecular formula is C17H25N3O3. The number of likely N-dealkylation sites (tertiary alicyclic amines) is 1. The van der Waals surface area contributed by atoms with E-state index in [1.54, 1.807) is 12.0 Å². The highest BCUT2D eigenvalue weighted by molar-refractivity contribution is 5.97. The Morgan fingerprint density at radius 2 is 2.26 bits per heavy atom. The van der Waals surface area contributed by atoms with Crippen LogP contribution in [0, 0.1) is 5.92 Å². The summed E-state index contributed by atoms with van der Waals surface area (Å²) in [4.78, 5) is 26.0. The molecule has 1 atom stereocenters. The number of hydrogen-bond acceptors (Lipinski definition) is 4. The second kappa shape index (κ2) is 8.64. The summed E-state index contributed by atoms with van der Waals surface area (Å²) in [6, 6.07) is 7.77. The molecule has 1 aliphatic heterocycles. The Bertz CT molecular complexity index is 548. The third-order valence-corrected chi connectivity index (χ3v) is 3.92. The molecule has 1 aromatic carbocycles. The minimum absolute atomic E-state index is 0.0168. The summed E-state index contributed by atoms with van der Waals surface area (Å²) < 4.78 is 4.99. The van der Waals surface area contributed by atoms with Crippen molar-refractivity contribution in [3.63, 3.8) is 0 Å². The minimum Gasteiger partial charge on any atom is -0.383 e. The number of ether oxygens (including phenoxy) is 1. The molecule has 0 aliphatic carbocycles. The molecule has 126 valence electrons. The van der Waals surface area contributed by atoms with Crippen LogP contribution in [0.25, 0.3) is 0 Å². The quantitative estimate of drug-likeness (QED) is 0.756. The van der Waals surface area contributed by atoms with E-state index in [-0.39, 0.29) is 24.2 Å². The molecule has 2 N–H and O–H groups in total. The van der Waals surface area contributed by atoms with Crippen LogP contribution in [0.1, 0.15) is 18.9 Å². The van der Waals surface area contributed by atoms with Crippen molar-refractivity contribution in [2.45, 2.75) is 19.9 Å². The summed E-state index contributed by atoms with van der Waals surface area (Å²) in [5, 5.41) is 6.18. The van der Waals surface area contributed by atoms with Crippen LogP contribution in [-0.2, 0) is 20.9 Å². The second-order valence-electron chi connectivity index (χ2n) is 5.70. The molecule has 0 aromatic heterocycles. The van der Waals surface area contributed by atoms with Crippen molar-refractivity contribution in [2.75, 3.05) is 38.7 Å². The lowest BCUT2D eigenvalue weighted by atomic mass is 10.1. The largest absolute Gasteiger partial charge is 0.383 e. The molecule has 1 aliphatic rings. The summed E-state index contributed by atoms with van der Waals surface area (Å²) in [6.07, 6.45) is 0.270. The summed E-state index contributed by atoms with van der Waals surface area (Å²) in [5.74, 6) is -0.376. The fraction of sp³-hybridized carbons (Fsp3) is 0.529. The number of nitrogens with one attached hydrogen (secondary N) is 2. The van der Waals surface area contributed by atoms with Crippen LogP contribution >= 0.6 is 0 Å². The SMILES string of the molecule is CCNCc1cccc(NC(=O)C2CC(=O)N(CCOC)C2)c1. The van der Waals surface area contributed by atoms with Crippen molar-refractivity contribution in [3.8, 4) is 0 Å². The van der Waals surface area contributed by atoms with Crippen LogP contribution in [0.2, 0.25) is 0 Å². The third kappa shape index (κ3) is 5.04. The topological polar surface area (TPSA) is 70.7 Å². The van der Waals surface area contributed by atoms with E-state index < -0.39 is 0 Å². The first-order chi connectivity index (χ1) is 11.1. The molecule has 1 unspecified atom stereocenters. The molecule has 1 fully saturated rings. The standard InChI is InChI=1S/C17H25N3O3/c1-3-18-11-13-5-4-6-15(9-13)19-17(22)14-10-16(21)20(12-14)7-8-23-2/h4-6,9,14,18H,3,7-8,10-12H2,1-2H3,(H,19,22). The van der Waals surface area contributed by atoms with Crippen LogP contribution in [0.15, 0.2) is 24.3 Å². The zero-order chi connectivity index (χ0) is 16.7. The van der Waals surface area contributed by atoms with E-state index in [0.29, 0.717) is 19.7 Å². The van der Waals surface area contributed by atoms with Crippen LogP contribution in [-0.4, -0.2) is 50.1 Å².